The molecular formula is C11H12N2OS. The summed E-state index contributed by atoms with van der Waals surface area (Å²) in [6.07, 6.45) is 1.64. The van der Waals surface area contributed by atoms with E-state index in [1.54, 1.807) is 24.0 Å². The lowest BCUT2D eigenvalue weighted by Gasteiger charge is -1.97. The molecule has 15 heavy (non-hydrogen) atoms. The van der Waals surface area contributed by atoms with Gasteiger partial charge < -0.3 is 0 Å². The maximum Gasteiger partial charge on any atom is 0.220 e. The molecule has 0 aliphatic rings. The van der Waals surface area contributed by atoms with E-state index < -0.39 is 0 Å². The number of hydrogen-bond donors (Lipinski definition) is 0. The minimum Gasteiger partial charge on any atom is -0.286 e. The van der Waals surface area contributed by atoms with E-state index in [1.807, 2.05) is 19.9 Å². The minimum atomic E-state index is 0.0520. The Kier molecular flexibility index (Phi) is 2.44. The van der Waals surface area contributed by atoms with Crippen molar-refractivity contribution in [1.29, 1.82) is 0 Å². The third-order valence-electron chi connectivity index (χ3n) is 2.44. The smallest absolute Gasteiger partial charge is 0.220 e. The Hall–Kier alpha value is -1.42. The van der Waals surface area contributed by atoms with Crippen LogP contribution in [0.2, 0.25) is 0 Å². The number of nitrogens with zero attached hydrogens (tertiary/aromatic N) is 2. The third kappa shape index (κ3) is 1.72. The van der Waals surface area contributed by atoms with Gasteiger partial charge in [0.2, 0.25) is 5.78 Å². The van der Waals surface area contributed by atoms with Crippen molar-refractivity contribution < 1.29 is 4.79 Å². The number of ketones is 1. The summed E-state index contributed by atoms with van der Waals surface area (Å²) in [5.41, 5.74) is 1.81. The van der Waals surface area contributed by atoms with E-state index in [-0.39, 0.29) is 5.78 Å². The zero-order valence-electron chi connectivity index (χ0n) is 8.94. The molecule has 0 atom stereocenters. The Morgan fingerprint density at radius 2 is 2.20 bits per heavy atom. The summed E-state index contributed by atoms with van der Waals surface area (Å²) in [4.78, 5) is 14.0. The first-order valence-electron chi connectivity index (χ1n) is 4.69. The van der Waals surface area contributed by atoms with Gasteiger partial charge in [-0.1, -0.05) is 0 Å². The second kappa shape index (κ2) is 3.62. The highest BCUT2D eigenvalue weighted by atomic mass is 32.1. The summed E-state index contributed by atoms with van der Waals surface area (Å²) in [5.74, 6) is 0.0520. The fourth-order valence-electron chi connectivity index (χ4n) is 1.41. The molecule has 0 N–H and O–H groups in total. The number of carbonyl (C=O) groups is 1. The van der Waals surface area contributed by atoms with Crippen molar-refractivity contribution in [3.63, 3.8) is 0 Å². The predicted molar refractivity (Wildman–Crippen MR) is 60.4 cm³/mol. The molecule has 0 aliphatic carbocycles. The van der Waals surface area contributed by atoms with Gasteiger partial charge in [-0.3, -0.25) is 9.48 Å². The lowest BCUT2D eigenvalue weighted by atomic mass is 10.2. The van der Waals surface area contributed by atoms with Crippen LogP contribution < -0.4 is 0 Å². The maximum absolute atomic E-state index is 12.0. The highest BCUT2D eigenvalue weighted by Crippen LogP contribution is 2.22. The summed E-state index contributed by atoms with van der Waals surface area (Å²) in [6, 6.07) is 3.68. The molecule has 78 valence electrons. The van der Waals surface area contributed by atoms with E-state index in [0.717, 1.165) is 4.88 Å². The van der Waals surface area contributed by atoms with Gasteiger partial charge in [-0.15, -0.1) is 11.3 Å². The number of carbonyl (C=O) groups excluding carboxylic acids is 1. The molecule has 0 aromatic carbocycles. The number of thiophene rings is 1. The Balaban J connectivity index is 2.41. The Morgan fingerprint density at radius 1 is 1.47 bits per heavy atom. The average molecular weight is 220 g/mol. The summed E-state index contributed by atoms with van der Waals surface area (Å²) in [7, 11) is 1.78. The molecule has 0 fully saturated rings. The van der Waals surface area contributed by atoms with Crippen molar-refractivity contribution in [3.8, 4) is 0 Å². The topological polar surface area (TPSA) is 34.9 Å². The molecule has 0 radical (unpaired) electrons. The summed E-state index contributed by atoms with van der Waals surface area (Å²) in [6.45, 7) is 4.05. The molecule has 0 saturated carbocycles. The van der Waals surface area contributed by atoms with Gasteiger partial charge >= 0.3 is 0 Å². The maximum atomic E-state index is 12.0. The SMILES string of the molecule is Cc1cc(C(=O)c2ccnn2C)sc1C. The van der Waals surface area contributed by atoms with Crippen molar-refractivity contribution in [1.82, 2.24) is 9.78 Å². The monoisotopic (exact) mass is 220 g/mol. The first kappa shape index (κ1) is 10.1. The van der Waals surface area contributed by atoms with Crippen molar-refractivity contribution >= 4 is 17.1 Å². The van der Waals surface area contributed by atoms with Gasteiger partial charge in [0.1, 0.15) is 5.69 Å². The second-order valence-corrected chi connectivity index (χ2v) is 4.78. The quantitative estimate of drug-likeness (QED) is 0.728. The fourth-order valence-corrected chi connectivity index (χ4v) is 2.39. The Labute approximate surface area is 92.4 Å². The molecule has 0 amide bonds. The van der Waals surface area contributed by atoms with Gasteiger partial charge in [0.05, 0.1) is 4.88 Å². The van der Waals surface area contributed by atoms with Gasteiger partial charge in [0.25, 0.3) is 0 Å². The Morgan fingerprint density at radius 3 is 2.67 bits per heavy atom. The molecule has 0 bridgehead atoms. The van der Waals surface area contributed by atoms with Gasteiger partial charge in [0, 0.05) is 18.1 Å². The first-order chi connectivity index (χ1) is 7.09. The molecule has 2 aromatic rings. The molecule has 4 heteroatoms. The highest BCUT2D eigenvalue weighted by molar-refractivity contribution is 7.14. The van der Waals surface area contributed by atoms with E-state index in [0.29, 0.717) is 5.69 Å². The zero-order chi connectivity index (χ0) is 11.0. The van der Waals surface area contributed by atoms with Crippen LogP contribution in [-0.2, 0) is 7.05 Å². The van der Waals surface area contributed by atoms with E-state index in [1.165, 1.54) is 21.8 Å². The molecule has 0 aliphatic heterocycles. The van der Waals surface area contributed by atoms with Crippen LogP contribution in [0, 0.1) is 13.8 Å². The van der Waals surface area contributed by atoms with E-state index in [4.69, 9.17) is 0 Å². The van der Waals surface area contributed by atoms with Crippen LogP contribution >= 0.6 is 11.3 Å². The second-order valence-electron chi connectivity index (χ2n) is 3.52. The number of hydrogen-bond acceptors (Lipinski definition) is 3. The van der Waals surface area contributed by atoms with E-state index in [2.05, 4.69) is 5.10 Å². The predicted octanol–water partition coefficient (Wildman–Crippen LogP) is 2.33. The normalized spacial score (nSPS) is 10.6. The lowest BCUT2D eigenvalue weighted by Crippen LogP contribution is -2.06. The van der Waals surface area contributed by atoms with Crippen molar-refractivity contribution in [2.45, 2.75) is 13.8 Å². The van der Waals surface area contributed by atoms with Crippen molar-refractivity contribution in [2.75, 3.05) is 0 Å². The first-order valence-corrected chi connectivity index (χ1v) is 5.51. The van der Waals surface area contributed by atoms with Crippen LogP contribution in [0.15, 0.2) is 18.3 Å². The van der Waals surface area contributed by atoms with Crippen LogP contribution in [0.4, 0.5) is 0 Å². The van der Waals surface area contributed by atoms with Gasteiger partial charge in [-0.2, -0.15) is 5.10 Å². The largest absolute Gasteiger partial charge is 0.286 e. The van der Waals surface area contributed by atoms with E-state index >= 15 is 0 Å². The van der Waals surface area contributed by atoms with Gasteiger partial charge in [0.15, 0.2) is 0 Å². The van der Waals surface area contributed by atoms with E-state index in [9.17, 15) is 4.79 Å². The molecule has 2 heterocycles. The molecule has 0 saturated heterocycles. The molecule has 3 nitrogen and oxygen atoms in total. The van der Waals surface area contributed by atoms with Crippen LogP contribution in [0.25, 0.3) is 0 Å². The lowest BCUT2D eigenvalue weighted by molar-refractivity contribution is 0.103. The van der Waals surface area contributed by atoms with Gasteiger partial charge in [-0.05, 0) is 31.5 Å². The number of rotatable bonds is 2. The number of aromatic nitrogens is 2. The Bertz CT molecular complexity index is 491. The van der Waals surface area contributed by atoms with Gasteiger partial charge in [-0.25, -0.2) is 0 Å². The third-order valence-corrected chi connectivity index (χ3v) is 3.59. The minimum absolute atomic E-state index is 0.0520. The summed E-state index contributed by atoms with van der Waals surface area (Å²) >= 11 is 1.54. The molecule has 0 spiro atoms. The highest BCUT2D eigenvalue weighted by Gasteiger charge is 2.15. The van der Waals surface area contributed by atoms with Crippen LogP contribution in [-0.4, -0.2) is 15.6 Å². The van der Waals surface area contributed by atoms with Crippen LogP contribution in [0.5, 0.6) is 0 Å². The van der Waals surface area contributed by atoms with Crippen LogP contribution in [0.3, 0.4) is 0 Å². The average Bonchev–Trinajstić information content (AvgIpc) is 2.74. The van der Waals surface area contributed by atoms with Crippen LogP contribution in [0.1, 0.15) is 25.8 Å². The van der Waals surface area contributed by atoms with Crippen molar-refractivity contribution in [2.24, 2.45) is 7.05 Å². The molecule has 0 unspecified atom stereocenters. The molecule has 2 aromatic heterocycles. The molecule has 2 rings (SSSR count). The standard InChI is InChI=1S/C11H12N2OS/c1-7-6-10(15-8(7)2)11(14)9-4-5-12-13(9)3/h4-6H,1-3H3. The van der Waals surface area contributed by atoms with Crippen molar-refractivity contribution in [3.05, 3.63) is 39.3 Å². The summed E-state index contributed by atoms with van der Waals surface area (Å²) in [5, 5.41) is 3.99. The fraction of sp³-hybridized carbons (Fsp3) is 0.273. The zero-order valence-corrected chi connectivity index (χ0v) is 9.76. The number of aryl methyl sites for hydroxylation is 3. The summed E-state index contributed by atoms with van der Waals surface area (Å²) < 4.78 is 1.60. The molecular weight excluding hydrogens is 208 g/mol.